The molecule has 1 aliphatic heterocycles. The van der Waals surface area contributed by atoms with Crippen molar-refractivity contribution in [3.63, 3.8) is 0 Å². The van der Waals surface area contributed by atoms with Crippen LogP contribution in [0.4, 0.5) is 11.6 Å². The summed E-state index contributed by atoms with van der Waals surface area (Å²) in [7, 11) is 1.92. The number of hydrogen-bond donors (Lipinski definition) is 1. The van der Waals surface area contributed by atoms with Crippen LogP contribution in [0.3, 0.4) is 0 Å². The molecule has 1 N–H and O–H groups in total. The third-order valence-electron chi connectivity index (χ3n) is 4.88. The van der Waals surface area contributed by atoms with E-state index in [0.717, 1.165) is 29.7 Å². The summed E-state index contributed by atoms with van der Waals surface area (Å²) < 4.78 is 2.08. The minimum atomic E-state index is 0.670. The van der Waals surface area contributed by atoms with E-state index in [2.05, 4.69) is 19.6 Å². The van der Waals surface area contributed by atoms with E-state index in [0.29, 0.717) is 6.04 Å². The van der Waals surface area contributed by atoms with Crippen molar-refractivity contribution >= 4 is 17.3 Å². The molecular formula is C15H21N5. The maximum atomic E-state index is 4.81. The summed E-state index contributed by atoms with van der Waals surface area (Å²) in [4.78, 5) is 11.8. The van der Waals surface area contributed by atoms with Gasteiger partial charge < -0.3 is 14.6 Å². The van der Waals surface area contributed by atoms with Gasteiger partial charge in [0.2, 0.25) is 0 Å². The molecule has 2 aromatic rings. The molecule has 106 valence electrons. The molecule has 0 radical (unpaired) electrons. The monoisotopic (exact) mass is 271 g/mol. The third-order valence-corrected chi connectivity index (χ3v) is 4.88. The first-order valence-electron chi connectivity index (χ1n) is 7.65. The summed E-state index contributed by atoms with van der Waals surface area (Å²) >= 11 is 0. The summed E-state index contributed by atoms with van der Waals surface area (Å²) in [5.74, 6) is 2.82. The summed E-state index contributed by atoms with van der Waals surface area (Å²) in [5, 5.41) is 3.16. The zero-order valence-electron chi connectivity index (χ0n) is 11.9. The van der Waals surface area contributed by atoms with Gasteiger partial charge in [-0.2, -0.15) is 0 Å². The van der Waals surface area contributed by atoms with E-state index in [9.17, 15) is 0 Å². The van der Waals surface area contributed by atoms with Crippen LogP contribution in [0.15, 0.2) is 18.6 Å². The Morgan fingerprint density at radius 1 is 1.25 bits per heavy atom. The van der Waals surface area contributed by atoms with E-state index in [4.69, 9.17) is 4.98 Å². The molecule has 5 heteroatoms. The lowest BCUT2D eigenvalue weighted by atomic mass is 9.92. The van der Waals surface area contributed by atoms with Crippen molar-refractivity contribution in [3.8, 4) is 0 Å². The maximum absolute atomic E-state index is 4.81. The Labute approximate surface area is 119 Å². The van der Waals surface area contributed by atoms with Crippen molar-refractivity contribution < 1.29 is 0 Å². The summed E-state index contributed by atoms with van der Waals surface area (Å²) in [6, 6.07) is 0.670. The zero-order valence-corrected chi connectivity index (χ0v) is 11.9. The van der Waals surface area contributed by atoms with Gasteiger partial charge in [-0.25, -0.2) is 9.97 Å². The summed E-state index contributed by atoms with van der Waals surface area (Å²) in [6.45, 7) is 1.11. The molecule has 2 fully saturated rings. The minimum absolute atomic E-state index is 0.670. The van der Waals surface area contributed by atoms with Crippen molar-refractivity contribution in [2.45, 2.75) is 38.1 Å². The molecule has 4 rings (SSSR count). The highest BCUT2D eigenvalue weighted by atomic mass is 15.3. The number of anilines is 2. The molecule has 5 nitrogen and oxygen atoms in total. The third kappa shape index (κ3) is 1.76. The van der Waals surface area contributed by atoms with Gasteiger partial charge >= 0.3 is 0 Å². The standard InChI is InChI=1S/C15H21N5/c1-16-13-10-19-9-7-17-14(19)15(18-13)20-8-3-5-11-4-2-6-12(11)20/h7,9-12,16H,2-6,8H2,1H3. The smallest absolute Gasteiger partial charge is 0.180 e. The molecule has 0 spiro atoms. The Bertz CT molecular complexity index is 620. The number of nitrogens with one attached hydrogen (secondary N) is 1. The van der Waals surface area contributed by atoms with Gasteiger partial charge in [0.25, 0.3) is 0 Å². The number of fused-ring (bicyclic) bond motifs is 2. The van der Waals surface area contributed by atoms with Crippen LogP contribution in [0.1, 0.15) is 32.1 Å². The van der Waals surface area contributed by atoms with Gasteiger partial charge in [0.05, 0.1) is 6.20 Å². The Kier molecular flexibility index (Phi) is 2.79. The van der Waals surface area contributed by atoms with Gasteiger partial charge in [0.15, 0.2) is 11.5 Å². The van der Waals surface area contributed by atoms with Gasteiger partial charge in [-0.15, -0.1) is 0 Å². The van der Waals surface area contributed by atoms with E-state index < -0.39 is 0 Å². The van der Waals surface area contributed by atoms with Crippen molar-refractivity contribution in [1.29, 1.82) is 0 Å². The topological polar surface area (TPSA) is 45.5 Å². The van der Waals surface area contributed by atoms with Gasteiger partial charge in [0, 0.05) is 32.0 Å². The highest BCUT2D eigenvalue weighted by Crippen LogP contribution is 2.39. The first kappa shape index (κ1) is 12.0. The quantitative estimate of drug-likeness (QED) is 0.911. The maximum Gasteiger partial charge on any atom is 0.180 e. The van der Waals surface area contributed by atoms with E-state index in [1.165, 1.54) is 32.1 Å². The highest BCUT2D eigenvalue weighted by molar-refractivity contribution is 5.67. The molecule has 3 heterocycles. The molecule has 2 unspecified atom stereocenters. The molecule has 1 saturated carbocycles. The number of rotatable bonds is 2. The number of piperidine rings is 1. The SMILES string of the molecule is CNc1cn2ccnc2c(N2CCCC3CCCC32)n1. The first-order valence-corrected chi connectivity index (χ1v) is 7.65. The van der Waals surface area contributed by atoms with Crippen LogP contribution < -0.4 is 10.2 Å². The van der Waals surface area contributed by atoms with E-state index in [-0.39, 0.29) is 0 Å². The number of aromatic nitrogens is 3. The predicted molar refractivity (Wildman–Crippen MR) is 80.2 cm³/mol. The molecule has 20 heavy (non-hydrogen) atoms. The molecule has 0 amide bonds. The normalized spacial score (nSPS) is 25.9. The van der Waals surface area contributed by atoms with Gasteiger partial charge in [-0.05, 0) is 31.6 Å². The van der Waals surface area contributed by atoms with Crippen LogP contribution in [0.5, 0.6) is 0 Å². The summed E-state index contributed by atoms with van der Waals surface area (Å²) in [6.07, 6.45) is 12.6. The van der Waals surface area contributed by atoms with Crippen LogP contribution in [0, 0.1) is 5.92 Å². The second-order valence-corrected chi connectivity index (χ2v) is 5.95. The second-order valence-electron chi connectivity index (χ2n) is 5.95. The van der Waals surface area contributed by atoms with E-state index in [1.807, 2.05) is 25.6 Å². The Hall–Kier alpha value is -1.78. The molecule has 1 aliphatic carbocycles. The van der Waals surface area contributed by atoms with Crippen molar-refractivity contribution in [2.75, 3.05) is 23.8 Å². The van der Waals surface area contributed by atoms with Gasteiger partial charge in [0.1, 0.15) is 5.82 Å². The zero-order chi connectivity index (χ0) is 13.5. The summed E-state index contributed by atoms with van der Waals surface area (Å²) in [5.41, 5.74) is 0.983. The van der Waals surface area contributed by atoms with E-state index >= 15 is 0 Å². The largest absolute Gasteiger partial charge is 0.372 e. The highest BCUT2D eigenvalue weighted by Gasteiger charge is 2.36. The molecule has 0 bridgehead atoms. The Morgan fingerprint density at radius 3 is 3.05 bits per heavy atom. The molecule has 2 atom stereocenters. The lowest BCUT2D eigenvalue weighted by molar-refractivity contribution is 0.361. The van der Waals surface area contributed by atoms with Crippen molar-refractivity contribution in [3.05, 3.63) is 18.6 Å². The Morgan fingerprint density at radius 2 is 2.15 bits per heavy atom. The van der Waals surface area contributed by atoms with Crippen LogP contribution >= 0.6 is 0 Å². The lowest BCUT2D eigenvalue weighted by Crippen LogP contribution is -2.43. The van der Waals surface area contributed by atoms with E-state index in [1.54, 1.807) is 0 Å². The average molecular weight is 271 g/mol. The fourth-order valence-electron chi connectivity index (χ4n) is 3.95. The Balaban J connectivity index is 1.81. The fourth-order valence-corrected chi connectivity index (χ4v) is 3.95. The minimum Gasteiger partial charge on any atom is -0.372 e. The number of hydrogen-bond acceptors (Lipinski definition) is 4. The predicted octanol–water partition coefficient (Wildman–Crippen LogP) is 2.54. The second kappa shape index (κ2) is 4.65. The number of imidazole rings is 1. The average Bonchev–Trinajstić information content (AvgIpc) is 3.14. The molecule has 2 aliphatic rings. The molecule has 1 saturated heterocycles. The first-order chi connectivity index (χ1) is 9.86. The van der Waals surface area contributed by atoms with Crippen LogP contribution in [-0.4, -0.2) is 34.0 Å². The van der Waals surface area contributed by atoms with Crippen molar-refractivity contribution in [1.82, 2.24) is 14.4 Å². The van der Waals surface area contributed by atoms with Gasteiger partial charge in [-0.1, -0.05) is 6.42 Å². The van der Waals surface area contributed by atoms with Crippen LogP contribution in [-0.2, 0) is 0 Å². The number of nitrogens with zero attached hydrogens (tertiary/aromatic N) is 4. The van der Waals surface area contributed by atoms with Gasteiger partial charge in [-0.3, -0.25) is 0 Å². The molecular weight excluding hydrogens is 250 g/mol. The fraction of sp³-hybridized carbons (Fsp3) is 0.600. The van der Waals surface area contributed by atoms with Crippen LogP contribution in [0.2, 0.25) is 0 Å². The van der Waals surface area contributed by atoms with Crippen molar-refractivity contribution in [2.24, 2.45) is 5.92 Å². The lowest BCUT2D eigenvalue weighted by Gasteiger charge is -2.38. The molecule has 0 aromatic carbocycles. The molecule has 2 aromatic heterocycles. The van der Waals surface area contributed by atoms with Crippen LogP contribution in [0.25, 0.3) is 5.65 Å².